The second-order valence-electron chi connectivity index (χ2n) is 7.51. The van der Waals surface area contributed by atoms with Crippen molar-refractivity contribution in [2.45, 2.75) is 25.0 Å². The fraction of sp³-hybridized carbons (Fsp3) is 0.611. The maximum atomic E-state index is 12.9. The standard InChI is InChI=1S/C18H26N4O4S/c1-20-10-11-26-17-7-8-21(12-16(17)20)18(23)19-14-4-3-5-15-13(14)6-9-22(15)27(2,24)25/h3-5,16-17H,6-12H2,1-2H3,(H,19,23)/t16-,17-/m1/s1. The predicted molar refractivity (Wildman–Crippen MR) is 104 cm³/mol. The van der Waals surface area contributed by atoms with Crippen LogP contribution in [0.15, 0.2) is 18.2 Å². The minimum Gasteiger partial charge on any atom is -0.375 e. The number of anilines is 2. The van der Waals surface area contributed by atoms with Crippen molar-refractivity contribution < 1.29 is 17.9 Å². The van der Waals surface area contributed by atoms with Crippen LogP contribution in [0.3, 0.4) is 0 Å². The van der Waals surface area contributed by atoms with Gasteiger partial charge in [0.1, 0.15) is 0 Å². The Balaban J connectivity index is 1.49. The average molecular weight is 394 g/mol. The summed E-state index contributed by atoms with van der Waals surface area (Å²) in [6.45, 7) is 3.33. The van der Waals surface area contributed by atoms with E-state index in [1.54, 1.807) is 12.1 Å². The zero-order chi connectivity index (χ0) is 19.2. The Morgan fingerprint density at radius 1 is 1.26 bits per heavy atom. The van der Waals surface area contributed by atoms with Crippen LogP contribution in [0, 0.1) is 0 Å². The minimum atomic E-state index is -3.31. The Morgan fingerprint density at radius 3 is 2.85 bits per heavy atom. The molecule has 148 valence electrons. The van der Waals surface area contributed by atoms with Gasteiger partial charge in [-0.1, -0.05) is 6.07 Å². The number of likely N-dealkylation sites (N-methyl/N-ethyl adjacent to an activating group) is 1. The summed E-state index contributed by atoms with van der Waals surface area (Å²) < 4.78 is 31.2. The maximum Gasteiger partial charge on any atom is 0.321 e. The van der Waals surface area contributed by atoms with Gasteiger partial charge < -0.3 is 15.0 Å². The molecule has 0 spiro atoms. The average Bonchev–Trinajstić information content (AvgIpc) is 3.07. The van der Waals surface area contributed by atoms with Gasteiger partial charge in [0, 0.05) is 37.4 Å². The molecule has 1 aromatic rings. The van der Waals surface area contributed by atoms with Crippen LogP contribution in [-0.4, -0.2) is 82.5 Å². The quantitative estimate of drug-likeness (QED) is 0.808. The molecule has 0 unspecified atom stereocenters. The number of hydrogen-bond acceptors (Lipinski definition) is 5. The van der Waals surface area contributed by atoms with E-state index >= 15 is 0 Å². The number of hydrogen-bond donors (Lipinski definition) is 1. The lowest BCUT2D eigenvalue weighted by Gasteiger charge is -2.45. The number of amides is 2. The number of fused-ring (bicyclic) bond motifs is 2. The number of benzene rings is 1. The second-order valence-corrected chi connectivity index (χ2v) is 9.42. The van der Waals surface area contributed by atoms with E-state index in [0.717, 1.165) is 25.1 Å². The fourth-order valence-corrected chi connectivity index (χ4v) is 5.24. The lowest BCUT2D eigenvalue weighted by atomic mass is 9.99. The van der Waals surface area contributed by atoms with Crippen LogP contribution in [0.25, 0.3) is 0 Å². The third kappa shape index (κ3) is 3.51. The van der Waals surface area contributed by atoms with Gasteiger partial charge in [-0.25, -0.2) is 13.2 Å². The molecule has 3 aliphatic heterocycles. The lowest BCUT2D eigenvalue weighted by molar-refractivity contribution is -0.0875. The summed E-state index contributed by atoms with van der Waals surface area (Å²) in [6, 6.07) is 5.50. The van der Waals surface area contributed by atoms with E-state index in [9.17, 15) is 13.2 Å². The normalized spacial score (nSPS) is 25.9. The number of morpholine rings is 1. The Bertz CT molecular complexity index is 844. The number of urea groups is 1. The summed E-state index contributed by atoms with van der Waals surface area (Å²) in [7, 11) is -1.24. The van der Waals surface area contributed by atoms with Crippen molar-refractivity contribution in [1.29, 1.82) is 0 Å². The number of carbonyl (C=O) groups excluding carboxylic acids is 1. The van der Waals surface area contributed by atoms with Gasteiger partial charge in [0.2, 0.25) is 10.0 Å². The molecule has 27 heavy (non-hydrogen) atoms. The molecule has 0 radical (unpaired) electrons. The van der Waals surface area contributed by atoms with E-state index in [2.05, 4.69) is 17.3 Å². The van der Waals surface area contributed by atoms with Crippen LogP contribution < -0.4 is 9.62 Å². The van der Waals surface area contributed by atoms with Gasteiger partial charge in [-0.3, -0.25) is 9.21 Å². The maximum absolute atomic E-state index is 12.9. The molecule has 4 rings (SSSR count). The molecule has 9 heteroatoms. The lowest BCUT2D eigenvalue weighted by Crippen LogP contribution is -2.60. The highest BCUT2D eigenvalue weighted by atomic mass is 32.2. The molecule has 3 heterocycles. The molecular formula is C18H26N4O4S. The highest BCUT2D eigenvalue weighted by molar-refractivity contribution is 7.92. The zero-order valence-electron chi connectivity index (χ0n) is 15.7. The SMILES string of the molecule is CN1CCO[C@@H]2CCN(C(=O)Nc3cccc4c3CCN4S(C)(=O)=O)C[C@H]21. The van der Waals surface area contributed by atoms with Crippen molar-refractivity contribution in [3.8, 4) is 0 Å². The molecule has 2 fully saturated rings. The van der Waals surface area contributed by atoms with Gasteiger partial charge in [-0.05, 0) is 32.0 Å². The van der Waals surface area contributed by atoms with Crippen LogP contribution in [0.5, 0.6) is 0 Å². The van der Waals surface area contributed by atoms with Crippen LogP contribution in [0.2, 0.25) is 0 Å². The van der Waals surface area contributed by atoms with Crippen molar-refractivity contribution >= 4 is 27.4 Å². The molecule has 0 bridgehead atoms. The van der Waals surface area contributed by atoms with E-state index in [4.69, 9.17) is 4.74 Å². The van der Waals surface area contributed by atoms with Gasteiger partial charge in [-0.15, -0.1) is 0 Å². The highest BCUT2D eigenvalue weighted by Gasteiger charge is 2.37. The number of nitrogens with one attached hydrogen (secondary N) is 1. The summed E-state index contributed by atoms with van der Waals surface area (Å²) in [6.07, 6.45) is 2.83. The summed E-state index contributed by atoms with van der Waals surface area (Å²) >= 11 is 0. The molecular weight excluding hydrogens is 368 g/mol. The van der Waals surface area contributed by atoms with Crippen LogP contribution in [0.1, 0.15) is 12.0 Å². The van der Waals surface area contributed by atoms with E-state index < -0.39 is 10.0 Å². The summed E-state index contributed by atoms with van der Waals surface area (Å²) in [4.78, 5) is 16.9. The first-order valence-electron chi connectivity index (χ1n) is 9.32. The first-order valence-corrected chi connectivity index (χ1v) is 11.2. The van der Waals surface area contributed by atoms with Crippen LogP contribution >= 0.6 is 0 Å². The molecule has 0 saturated carbocycles. The molecule has 2 amide bonds. The van der Waals surface area contributed by atoms with E-state index in [1.165, 1.54) is 10.6 Å². The van der Waals surface area contributed by atoms with E-state index in [0.29, 0.717) is 37.4 Å². The number of ether oxygens (including phenoxy) is 1. The minimum absolute atomic E-state index is 0.140. The van der Waals surface area contributed by atoms with Crippen LogP contribution in [0.4, 0.5) is 16.2 Å². The van der Waals surface area contributed by atoms with Crippen molar-refractivity contribution in [1.82, 2.24) is 9.80 Å². The smallest absolute Gasteiger partial charge is 0.321 e. The number of likely N-dealkylation sites (tertiary alicyclic amines) is 1. The molecule has 8 nitrogen and oxygen atoms in total. The largest absolute Gasteiger partial charge is 0.375 e. The van der Waals surface area contributed by atoms with Crippen molar-refractivity contribution in [2.75, 3.05) is 55.7 Å². The molecule has 2 atom stereocenters. The molecule has 2 saturated heterocycles. The number of rotatable bonds is 2. The van der Waals surface area contributed by atoms with Crippen molar-refractivity contribution in [2.24, 2.45) is 0 Å². The zero-order valence-corrected chi connectivity index (χ0v) is 16.5. The fourth-order valence-electron chi connectivity index (χ4n) is 4.29. The van der Waals surface area contributed by atoms with Gasteiger partial charge in [-0.2, -0.15) is 0 Å². The first-order chi connectivity index (χ1) is 12.8. The number of carbonyl (C=O) groups is 1. The molecule has 0 aliphatic carbocycles. The summed E-state index contributed by atoms with van der Waals surface area (Å²) in [5.41, 5.74) is 2.23. The predicted octanol–water partition coefficient (Wildman–Crippen LogP) is 0.946. The Kier molecular flexibility index (Phi) is 4.77. The molecule has 1 N–H and O–H groups in total. The monoisotopic (exact) mass is 394 g/mol. The van der Waals surface area contributed by atoms with E-state index in [1.807, 2.05) is 11.0 Å². The number of sulfonamides is 1. The van der Waals surface area contributed by atoms with Gasteiger partial charge in [0.25, 0.3) is 0 Å². The molecule has 1 aromatic carbocycles. The van der Waals surface area contributed by atoms with Gasteiger partial charge >= 0.3 is 6.03 Å². The van der Waals surface area contributed by atoms with Crippen LogP contribution in [-0.2, 0) is 21.2 Å². The molecule has 0 aromatic heterocycles. The number of piperidine rings is 1. The Morgan fingerprint density at radius 2 is 2.07 bits per heavy atom. The second kappa shape index (κ2) is 6.96. The third-order valence-corrected chi connectivity index (χ3v) is 6.96. The van der Waals surface area contributed by atoms with E-state index in [-0.39, 0.29) is 18.2 Å². The first kappa shape index (κ1) is 18.5. The Labute approximate surface area is 160 Å². The number of nitrogens with zero attached hydrogens (tertiary/aromatic N) is 3. The van der Waals surface area contributed by atoms with Gasteiger partial charge in [0.15, 0.2) is 0 Å². The van der Waals surface area contributed by atoms with Crippen molar-refractivity contribution in [3.05, 3.63) is 23.8 Å². The molecule has 3 aliphatic rings. The van der Waals surface area contributed by atoms with Gasteiger partial charge in [0.05, 0.1) is 30.7 Å². The topological polar surface area (TPSA) is 82.2 Å². The summed E-state index contributed by atoms with van der Waals surface area (Å²) in [5, 5.41) is 3.00. The summed E-state index contributed by atoms with van der Waals surface area (Å²) in [5.74, 6) is 0. The highest BCUT2D eigenvalue weighted by Crippen LogP contribution is 2.35. The van der Waals surface area contributed by atoms with Crippen molar-refractivity contribution in [3.63, 3.8) is 0 Å². The third-order valence-electron chi connectivity index (χ3n) is 5.78. The Hall–Kier alpha value is -1.84.